The van der Waals surface area contributed by atoms with Crippen LogP contribution in [0.25, 0.3) is 0 Å². The van der Waals surface area contributed by atoms with E-state index in [9.17, 15) is 4.79 Å². The SMILES string of the molecule is C[C@H](NCc1ccc(CNCc2ccccc2)cc1)C(N)=O. The minimum absolute atomic E-state index is 0.313. The standard InChI is InChI=1S/C18H23N3O/c1-14(18(19)22)21-13-17-9-7-16(8-10-17)12-20-11-15-5-3-2-4-6-15/h2-10,14,20-21H,11-13H2,1H3,(H2,19,22)/t14-/m0/s1. The summed E-state index contributed by atoms with van der Waals surface area (Å²) in [5.74, 6) is -0.332. The molecule has 22 heavy (non-hydrogen) atoms. The summed E-state index contributed by atoms with van der Waals surface area (Å²) in [6.07, 6.45) is 0. The van der Waals surface area contributed by atoms with Gasteiger partial charge < -0.3 is 16.4 Å². The Morgan fingerprint density at radius 3 is 1.95 bits per heavy atom. The van der Waals surface area contributed by atoms with E-state index in [4.69, 9.17) is 5.73 Å². The average Bonchev–Trinajstić information content (AvgIpc) is 2.54. The normalized spacial score (nSPS) is 12.0. The monoisotopic (exact) mass is 297 g/mol. The molecule has 4 heteroatoms. The van der Waals surface area contributed by atoms with Crippen LogP contribution in [0.1, 0.15) is 23.6 Å². The number of primary amides is 1. The highest BCUT2D eigenvalue weighted by atomic mass is 16.1. The van der Waals surface area contributed by atoms with Gasteiger partial charge in [-0.15, -0.1) is 0 Å². The van der Waals surface area contributed by atoms with Gasteiger partial charge in [-0.2, -0.15) is 0 Å². The second kappa shape index (κ2) is 8.32. The lowest BCUT2D eigenvalue weighted by molar-refractivity contribution is -0.119. The molecule has 0 unspecified atom stereocenters. The van der Waals surface area contributed by atoms with Gasteiger partial charge in [-0.3, -0.25) is 4.79 Å². The minimum Gasteiger partial charge on any atom is -0.368 e. The highest BCUT2D eigenvalue weighted by molar-refractivity contribution is 5.79. The van der Waals surface area contributed by atoms with Crippen LogP contribution < -0.4 is 16.4 Å². The summed E-state index contributed by atoms with van der Waals surface area (Å²) in [6.45, 7) is 4.10. The van der Waals surface area contributed by atoms with E-state index in [-0.39, 0.29) is 11.9 Å². The van der Waals surface area contributed by atoms with Crippen LogP contribution in [-0.2, 0) is 24.4 Å². The molecule has 0 aliphatic rings. The molecule has 0 spiro atoms. The third-order valence-corrected chi connectivity index (χ3v) is 3.56. The molecule has 0 saturated carbocycles. The molecule has 4 nitrogen and oxygen atoms in total. The molecule has 0 fully saturated rings. The fraction of sp³-hybridized carbons (Fsp3) is 0.278. The summed E-state index contributed by atoms with van der Waals surface area (Å²) < 4.78 is 0. The number of carbonyl (C=O) groups excluding carboxylic acids is 1. The van der Waals surface area contributed by atoms with Crippen LogP contribution >= 0.6 is 0 Å². The predicted octanol–water partition coefficient (Wildman–Crippen LogP) is 1.94. The van der Waals surface area contributed by atoms with Gasteiger partial charge in [-0.05, 0) is 23.6 Å². The zero-order chi connectivity index (χ0) is 15.8. The van der Waals surface area contributed by atoms with Crippen molar-refractivity contribution in [1.29, 1.82) is 0 Å². The maximum absolute atomic E-state index is 11.0. The van der Waals surface area contributed by atoms with Crippen molar-refractivity contribution >= 4 is 5.91 Å². The van der Waals surface area contributed by atoms with Crippen LogP contribution in [0.15, 0.2) is 54.6 Å². The molecule has 0 aliphatic carbocycles. The van der Waals surface area contributed by atoms with E-state index in [1.54, 1.807) is 6.92 Å². The summed E-state index contributed by atoms with van der Waals surface area (Å²) in [7, 11) is 0. The Bertz CT molecular complexity index is 581. The van der Waals surface area contributed by atoms with E-state index >= 15 is 0 Å². The number of carbonyl (C=O) groups is 1. The Hall–Kier alpha value is -2.17. The summed E-state index contributed by atoms with van der Waals surface area (Å²) in [6, 6.07) is 18.4. The second-order valence-electron chi connectivity index (χ2n) is 5.41. The Morgan fingerprint density at radius 2 is 1.41 bits per heavy atom. The average molecular weight is 297 g/mol. The lowest BCUT2D eigenvalue weighted by atomic mass is 10.1. The summed E-state index contributed by atoms with van der Waals surface area (Å²) in [5, 5.41) is 6.52. The molecular formula is C18H23N3O. The van der Waals surface area contributed by atoms with Gasteiger partial charge in [0, 0.05) is 19.6 Å². The Labute approximate surface area is 131 Å². The predicted molar refractivity (Wildman–Crippen MR) is 88.9 cm³/mol. The van der Waals surface area contributed by atoms with E-state index < -0.39 is 0 Å². The number of nitrogens with two attached hydrogens (primary N) is 1. The van der Waals surface area contributed by atoms with Gasteiger partial charge >= 0.3 is 0 Å². The highest BCUT2D eigenvalue weighted by Gasteiger charge is 2.06. The zero-order valence-corrected chi connectivity index (χ0v) is 12.9. The molecule has 116 valence electrons. The first-order valence-electron chi connectivity index (χ1n) is 7.50. The van der Waals surface area contributed by atoms with Gasteiger partial charge in [0.05, 0.1) is 6.04 Å². The number of rotatable bonds is 8. The Kier molecular flexibility index (Phi) is 6.13. The Morgan fingerprint density at radius 1 is 0.909 bits per heavy atom. The van der Waals surface area contributed by atoms with E-state index in [1.165, 1.54) is 11.1 Å². The molecule has 0 aliphatic heterocycles. The molecule has 1 amide bonds. The first-order valence-corrected chi connectivity index (χ1v) is 7.50. The highest BCUT2D eigenvalue weighted by Crippen LogP contribution is 2.05. The topological polar surface area (TPSA) is 67.2 Å². The van der Waals surface area contributed by atoms with E-state index in [2.05, 4.69) is 47.0 Å². The van der Waals surface area contributed by atoms with Crippen molar-refractivity contribution in [2.45, 2.75) is 32.6 Å². The van der Waals surface area contributed by atoms with E-state index in [1.807, 2.05) is 18.2 Å². The number of hydrogen-bond donors (Lipinski definition) is 3. The minimum atomic E-state index is -0.332. The van der Waals surface area contributed by atoms with Gasteiger partial charge in [0.2, 0.25) is 5.91 Å². The van der Waals surface area contributed by atoms with Crippen molar-refractivity contribution in [2.75, 3.05) is 0 Å². The molecule has 0 saturated heterocycles. The summed E-state index contributed by atoms with van der Waals surface area (Å²) >= 11 is 0. The van der Waals surface area contributed by atoms with Gasteiger partial charge in [-0.1, -0.05) is 54.6 Å². The van der Waals surface area contributed by atoms with Crippen LogP contribution in [0, 0.1) is 0 Å². The molecule has 0 bridgehead atoms. The Balaban J connectivity index is 1.76. The van der Waals surface area contributed by atoms with Gasteiger partial charge in [0.1, 0.15) is 0 Å². The van der Waals surface area contributed by atoms with Gasteiger partial charge in [0.25, 0.3) is 0 Å². The fourth-order valence-corrected chi connectivity index (χ4v) is 2.09. The number of amides is 1. The molecule has 4 N–H and O–H groups in total. The largest absolute Gasteiger partial charge is 0.368 e. The maximum Gasteiger partial charge on any atom is 0.234 e. The van der Waals surface area contributed by atoms with Crippen LogP contribution in [0.4, 0.5) is 0 Å². The molecule has 2 aromatic rings. The first-order chi connectivity index (χ1) is 10.6. The second-order valence-corrected chi connectivity index (χ2v) is 5.41. The van der Waals surface area contributed by atoms with Crippen molar-refractivity contribution in [3.8, 4) is 0 Å². The summed E-state index contributed by atoms with van der Waals surface area (Å²) in [5.41, 5.74) is 8.88. The van der Waals surface area contributed by atoms with E-state index in [0.717, 1.165) is 18.7 Å². The number of hydrogen-bond acceptors (Lipinski definition) is 3. The molecule has 0 aromatic heterocycles. The van der Waals surface area contributed by atoms with Crippen LogP contribution in [0.3, 0.4) is 0 Å². The zero-order valence-electron chi connectivity index (χ0n) is 12.9. The van der Waals surface area contributed by atoms with Crippen molar-refractivity contribution in [3.05, 3.63) is 71.3 Å². The maximum atomic E-state index is 11.0. The molecule has 2 rings (SSSR count). The smallest absolute Gasteiger partial charge is 0.234 e. The quantitative estimate of drug-likeness (QED) is 0.697. The molecule has 1 atom stereocenters. The van der Waals surface area contributed by atoms with Crippen molar-refractivity contribution in [1.82, 2.24) is 10.6 Å². The van der Waals surface area contributed by atoms with Crippen LogP contribution in [0.2, 0.25) is 0 Å². The van der Waals surface area contributed by atoms with E-state index in [0.29, 0.717) is 6.54 Å². The van der Waals surface area contributed by atoms with Crippen molar-refractivity contribution < 1.29 is 4.79 Å². The fourth-order valence-electron chi connectivity index (χ4n) is 2.09. The van der Waals surface area contributed by atoms with Crippen LogP contribution in [0.5, 0.6) is 0 Å². The molecule has 0 heterocycles. The number of benzene rings is 2. The van der Waals surface area contributed by atoms with Crippen LogP contribution in [-0.4, -0.2) is 11.9 Å². The van der Waals surface area contributed by atoms with Gasteiger partial charge in [0.15, 0.2) is 0 Å². The first kappa shape index (κ1) is 16.2. The molecule has 0 radical (unpaired) electrons. The third kappa shape index (κ3) is 5.31. The lowest BCUT2D eigenvalue weighted by Gasteiger charge is -2.10. The van der Waals surface area contributed by atoms with Gasteiger partial charge in [-0.25, -0.2) is 0 Å². The number of nitrogens with one attached hydrogen (secondary N) is 2. The lowest BCUT2D eigenvalue weighted by Crippen LogP contribution is -2.38. The third-order valence-electron chi connectivity index (χ3n) is 3.56. The molecular weight excluding hydrogens is 274 g/mol. The summed E-state index contributed by atoms with van der Waals surface area (Å²) in [4.78, 5) is 11.0. The molecule has 2 aromatic carbocycles. The van der Waals surface area contributed by atoms with Crippen molar-refractivity contribution in [2.24, 2.45) is 5.73 Å². The van der Waals surface area contributed by atoms with Crippen molar-refractivity contribution in [3.63, 3.8) is 0 Å².